The van der Waals surface area contributed by atoms with Gasteiger partial charge in [0, 0.05) is 13.2 Å². The first-order valence-corrected chi connectivity index (χ1v) is 6.51. The molecule has 100 valence electrons. The Labute approximate surface area is 104 Å². The lowest BCUT2D eigenvalue weighted by molar-refractivity contribution is -0.162. The number of nitrogens with two attached hydrogens (primary N) is 1. The van der Waals surface area contributed by atoms with Crippen LogP contribution in [-0.2, 0) is 14.3 Å². The van der Waals surface area contributed by atoms with Crippen molar-refractivity contribution in [2.75, 3.05) is 26.4 Å². The van der Waals surface area contributed by atoms with E-state index in [2.05, 4.69) is 0 Å². The molecule has 17 heavy (non-hydrogen) atoms. The molecule has 1 aliphatic carbocycles. The monoisotopic (exact) mass is 243 g/mol. The smallest absolute Gasteiger partial charge is 0.315 e. The highest BCUT2D eigenvalue weighted by atomic mass is 16.5. The summed E-state index contributed by atoms with van der Waals surface area (Å²) in [7, 11) is 0. The SMILES string of the molecule is CCOC(=O)C(CN)(COCC1CC1)C(C)C. The highest BCUT2D eigenvalue weighted by Gasteiger charge is 2.42. The molecule has 0 aliphatic heterocycles. The lowest BCUT2D eigenvalue weighted by Gasteiger charge is -2.33. The van der Waals surface area contributed by atoms with Crippen LogP contribution in [0.15, 0.2) is 0 Å². The molecule has 0 radical (unpaired) electrons. The first kappa shape index (κ1) is 14.5. The molecule has 1 aliphatic rings. The van der Waals surface area contributed by atoms with Crippen molar-refractivity contribution in [1.29, 1.82) is 0 Å². The van der Waals surface area contributed by atoms with Crippen molar-refractivity contribution in [3.8, 4) is 0 Å². The zero-order chi connectivity index (χ0) is 12.9. The summed E-state index contributed by atoms with van der Waals surface area (Å²) in [5.41, 5.74) is 5.10. The van der Waals surface area contributed by atoms with Crippen molar-refractivity contribution in [2.24, 2.45) is 23.0 Å². The van der Waals surface area contributed by atoms with E-state index in [9.17, 15) is 4.79 Å². The minimum Gasteiger partial charge on any atom is -0.465 e. The van der Waals surface area contributed by atoms with Gasteiger partial charge in [-0.25, -0.2) is 0 Å². The third-order valence-electron chi connectivity index (χ3n) is 3.56. The van der Waals surface area contributed by atoms with Crippen LogP contribution in [0.5, 0.6) is 0 Å². The van der Waals surface area contributed by atoms with Crippen LogP contribution in [0.3, 0.4) is 0 Å². The molecule has 0 bridgehead atoms. The molecule has 0 spiro atoms. The van der Waals surface area contributed by atoms with Crippen LogP contribution in [0.1, 0.15) is 33.6 Å². The molecule has 0 aromatic carbocycles. The second-order valence-corrected chi connectivity index (χ2v) is 5.19. The van der Waals surface area contributed by atoms with Crippen LogP contribution < -0.4 is 5.73 Å². The minimum absolute atomic E-state index is 0.116. The molecule has 0 heterocycles. The maximum atomic E-state index is 12.0. The van der Waals surface area contributed by atoms with Gasteiger partial charge in [-0.1, -0.05) is 13.8 Å². The lowest BCUT2D eigenvalue weighted by atomic mass is 9.78. The molecule has 2 N–H and O–H groups in total. The number of rotatable bonds is 8. The summed E-state index contributed by atoms with van der Waals surface area (Å²) in [5, 5.41) is 0. The molecule has 1 atom stereocenters. The van der Waals surface area contributed by atoms with Crippen molar-refractivity contribution in [3.63, 3.8) is 0 Å². The van der Waals surface area contributed by atoms with Crippen LogP contribution in [0.25, 0.3) is 0 Å². The van der Waals surface area contributed by atoms with Gasteiger partial charge < -0.3 is 15.2 Å². The number of hydrogen-bond donors (Lipinski definition) is 1. The third-order valence-corrected chi connectivity index (χ3v) is 3.56. The summed E-state index contributed by atoms with van der Waals surface area (Å²) in [6, 6.07) is 0. The molecular formula is C13H25NO3. The summed E-state index contributed by atoms with van der Waals surface area (Å²) in [6.45, 7) is 7.56. The molecule has 0 saturated heterocycles. The Morgan fingerprint density at radius 3 is 2.53 bits per heavy atom. The fraction of sp³-hybridized carbons (Fsp3) is 0.923. The van der Waals surface area contributed by atoms with Crippen molar-refractivity contribution in [2.45, 2.75) is 33.6 Å². The Hall–Kier alpha value is -0.610. The Morgan fingerprint density at radius 2 is 2.12 bits per heavy atom. The molecule has 4 heteroatoms. The van der Waals surface area contributed by atoms with E-state index in [1.54, 1.807) is 0 Å². The van der Waals surface area contributed by atoms with E-state index in [1.165, 1.54) is 12.8 Å². The Bertz CT molecular complexity index is 251. The van der Waals surface area contributed by atoms with Gasteiger partial charge in [-0.3, -0.25) is 4.79 Å². The van der Waals surface area contributed by atoms with Gasteiger partial charge in [-0.05, 0) is 31.6 Å². The molecule has 1 unspecified atom stereocenters. The van der Waals surface area contributed by atoms with Crippen LogP contribution >= 0.6 is 0 Å². The Morgan fingerprint density at radius 1 is 1.47 bits per heavy atom. The maximum Gasteiger partial charge on any atom is 0.315 e. The van der Waals surface area contributed by atoms with Gasteiger partial charge in [0.25, 0.3) is 0 Å². The molecule has 1 rings (SSSR count). The zero-order valence-electron chi connectivity index (χ0n) is 11.2. The fourth-order valence-corrected chi connectivity index (χ4v) is 1.81. The molecule has 0 aromatic rings. The summed E-state index contributed by atoms with van der Waals surface area (Å²) < 4.78 is 10.8. The second-order valence-electron chi connectivity index (χ2n) is 5.19. The quantitative estimate of drug-likeness (QED) is 0.657. The van der Waals surface area contributed by atoms with E-state index in [4.69, 9.17) is 15.2 Å². The van der Waals surface area contributed by atoms with E-state index < -0.39 is 5.41 Å². The number of carbonyl (C=O) groups is 1. The first-order chi connectivity index (χ1) is 8.06. The van der Waals surface area contributed by atoms with Crippen LogP contribution in [0.4, 0.5) is 0 Å². The molecular weight excluding hydrogens is 218 g/mol. The number of esters is 1. The van der Waals surface area contributed by atoms with Gasteiger partial charge >= 0.3 is 5.97 Å². The molecule has 1 fully saturated rings. The molecule has 0 aromatic heterocycles. The standard InChI is InChI=1S/C13H25NO3/c1-4-17-12(15)13(8-14,10(2)3)9-16-7-11-5-6-11/h10-11H,4-9,14H2,1-3H3. The minimum atomic E-state index is -0.690. The topological polar surface area (TPSA) is 61.5 Å². The largest absolute Gasteiger partial charge is 0.465 e. The second kappa shape index (κ2) is 6.36. The predicted molar refractivity (Wildman–Crippen MR) is 66.5 cm³/mol. The highest BCUT2D eigenvalue weighted by molar-refractivity contribution is 5.77. The number of hydrogen-bond acceptors (Lipinski definition) is 4. The van der Waals surface area contributed by atoms with Gasteiger partial charge in [0.05, 0.1) is 13.2 Å². The van der Waals surface area contributed by atoms with E-state index >= 15 is 0 Å². The normalized spacial score (nSPS) is 19.1. The predicted octanol–water partition coefficient (Wildman–Crippen LogP) is 1.58. The van der Waals surface area contributed by atoms with E-state index in [0.29, 0.717) is 19.1 Å². The fourth-order valence-electron chi connectivity index (χ4n) is 1.81. The number of carbonyl (C=O) groups excluding carboxylic acids is 1. The Balaban J connectivity index is 2.57. The zero-order valence-corrected chi connectivity index (χ0v) is 11.2. The van der Waals surface area contributed by atoms with Crippen molar-refractivity contribution in [1.82, 2.24) is 0 Å². The number of ether oxygens (including phenoxy) is 2. The van der Waals surface area contributed by atoms with Crippen molar-refractivity contribution >= 4 is 5.97 Å². The van der Waals surface area contributed by atoms with Gasteiger partial charge in [-0.15, -0.1) is 0 Å². The molecule has 0 amide bonds. The third kappa shape index (κ3) is 3.68. The van der Waals surface area contributed by atoms with E-state index in [1.807, 2.05) is 20.8 Å². The van der Waals surface area contributed by atoms with E-state index in [0.717, 1.165) is 6.61 Å². The summed E-state index contributed by atoms with van der Waals surface area (Å²) >= 11 is 0. The average Bonchev–Trinajstić information content (AvgIpc) is 3.08. The summed E-state index contributed by atoms with van der Waals surface area (Å²) in [5.74, 6) is 0.582. The highest BCUT2D eigenvalue weighted by Crippen LogP contribution is 2.32. The summed E-state index contributed by atoms with van der Waals surface area (Å²) in [6.07, 6.45) is 2.49. The summed E-state index contributed by atoms with van der Waals surface area (Å²) in [4.78, 5) is 12.0. The first-order valence-electron chi connectivity index (χ1n) is 6.51. The van der Waals surface area contributed by atoms with Crippen molar-refractivity contribution in [3.05, 3.63) is 0 Å². The van der Waals surface area contributed by atoms with Gasteiger partial charge in [0.2, 0.25) is 0 Å². The van der Waals surface area contributed by atoms with E-state index in [-0.39, 0.29) is 18.4 Å². The average molecular weight is 243 g/mol. The van der Waals surface area contributed by atoms with Crippen LogP contribution in [0.2, 0.25) is 0 Å². The maximum absolute atomic E-state index is 12.0. The van der Waals surface area contributed by atoms with Crippen LogP contribution in [0, 0.1) is 17.3 Å². The molecule has 1 saturated carbocycles. The molecule has 4 nitrogen and oxygen atoms in total. The van der Waals surface area contributed by atoms with Crippen LogP contribution in [-0.4, -0.2) is 32.3 Å². The van der Waals surface area contributed by atoms with Gasteiger partial charge in [-0.2, -0.15) is 0 Å². The lowest BCUT2D eigenvalue weighted by Crippen LogP contribution is -2.48. The Kier molecular flexibility index (Phi) is 5.40. The van der Waals surface area contributed by atoms with Crippen molar-refractivity contribution < 1.29 is 14.3 Å². The van der Waals surface area contributed by atoms with Gasteiger partial charge in [0.15, 0.2) is 0 Å². The van der Waals surface area contributed by atoms with Gasteiger partial charge in [0.1, 0.15) is 5.41 Å².